The van der Waals surface area contributed by atoms with E-state index in [2.05, 4.69) is 75.0 Å². The minimum atomic E-state index is -0.873. The lowest BCUT2D eigenvalue weighted by atomic mass is 9.94. The Labute approximate surface area is 377 Å². The van der Waals surface area contributed by atoms with Gasteiger partial charge in [0.25, 0.3) is 5.91 Å². The van der Waals surface area contributed by atoms with Crippen LogP contribution in [-0.2, 0) is 20.9 Å². The lowest BCUT2D eigenvalue weighted by molar-refractivity contribution is -0.133. The largest absolute Gasteiger partial charge is 0.354 e. The predicted molar refractivity (Wildman–Crippen MR) is 246 cm³/mol. The van der Waals surface area contributed by atoms with Crippen molar-refractivity contribution in [2.75, 3.05) is 26.2 Å². The third-order valence-electron chi connectivity index (χ3n) is 12.8. The number of carbonyl (C=O) groups excluding carboxylic acids is 5. The number of rotatable bonds is 23. The molecule has 2 aliphatic carbocycles. The maximum Gasteiger partial charge on any atom is 0.315 e. The Morgan fingerprint density at radius 2 is 1.19 bits per heavy atom. The van der Waals surface area contributed by atoms with E-state index >= 15 is 0 Å². The molecule has 1 saturated heterocycles. The van der Waals surface area contributed by atoms with Gasteiger partial charge in [0.1, 0.15) is 11.7 Å². The molecule has 3 fully saturated rings. The zero-order valence-corrected chi connectivity index (χ0v) is 37.3. The Kier molecular flexibility index (Phi) is 16.2. The number of benzene rings is 3. The zero-order chi connectivity index (χ0) is 44.8. The summed E-state index contributed by atoms with van der Waals surface area (Å²) in [5, 5.41) is 23.7. The molecule has 1 aromatic heterocycles. The molecule has 14 nitrogen and oxygen atoms in total. The first-order chi connectivity index (χ1) is 31.2. The second-order valence-corrected chi connectivity index (χ2v) is 17.8. The maximum absolute atomic E-state index is 14.1. The Hall–Kier alpha value is -6.05. The number of likely N-dealkylation sites (tertiary alicyclic amines) is 1. The van der Waals surface area contributed by atoms with Crippen LogP contribution in [0.3, 0.4) is 0 Å². The molecule has 5 N–H and O–H groups in total. The normalized spacial score (nSPS) is 21.4. The third-order valence-corrected chi connectivity index (χ3v) is 12.8. The second-order valence-electron chi connectivity index (χ2n) is 17.8. The van der Waals surface area contributed by atoms with E-state index < -0.39 is 23.9 Å². The van der Waals surface area contributed by atoms with Crippen molar-refractivity contribution in [2.24, 2.45) is 11.8 Å². The van der Waals surface area contributed by atoms with Gasteiger partial charge in [-0.15, -0.1) is 5.10 Å². The summed E-state index contributed by atoms with van der Waals surface area (Å²) in [7, 11) is 0. The van der Waals surface area contributed by atoms with Gasteiger partial charge in [-0.2, -0.15) is 0 Å². The van der Waals surface area contributed by atoms with E-state index in [-0.39, 0.29) is 67.2 Å². The van der Waals surface area contributed by atoms with Gasteiger partial charge in [-0.25, -0.2) is 9.48 Å². The molecule has 1 aliphatic heterocycles. The van der Waals surface area contributed by atoms with Crippen molar-refractivity contribution in [1.29, 1.82) is 0 Å². The van der Waals surface area contributed by atoms with Crippen LogP contribution in [0, 0.1) is 11.8 Å². The molecule has 0 bridgehead atoms. The fraction of sp³-hybridized carbons (Fsp3) is 0.500. The van der Waals surface area contributed by atoms with Gasteiger partial charge in [-0.05, 0) is 48.9 Å². The van der Waals surface area contributed by atoms with Crippen molar-refractivity contribution >= 4 is 29.7 Å². The lowest BCUT2D eigenvalue weighted by Gasteiger charge is -2.19. The quantitative estimate of drug-likeness (QED) is 0.0542. The Balaban J connectivity index is 0.974. The molecule has 4 aromatic rings. The van der Waals surface area contributed by atoms with Gasteiger partial charge in [0.2, 0.25) is 17.7 Å². The molecule has 3 aromatic carbocycles. The summed E-state index contributed by atoms with van der Waals surface area (Å²) >= 11 is 0. The van der Waals surface area contributed by atoms with Crippen LogP contribution in [0.25, 0.3) is 11.3 Å². The van der Waals surface area contributed by atoms with Crippen LogP contribution in [0.4, 0.5) is 4.79 Å². The van der Waals surface area contributed by atoms with Gasteiger partial charge in [0.15, 0.2) is 0 Å². The molecule has 2 saturated carbocycles. The number of hydrogen-bond acceptors (Lipinski definition) is 7. The van der Waals surface area contributed by atoms with Crippen LogP contribution in [0.15, 0.2) is 91.1 Å². The van der Waals surface area contributed by atoms with Gasteiger partial charge < -0.3 is 31.5 Å². The highest BCUT2D eigenvalue weighted by atomic mass is 16.2. The van der Waals surface area contributed by atoms with E-state index in [4.69, 9.17) is 0 Å². The standard InChI is InChI=1S/C50H65N9O5/c1-3-5-7-9-17-27-52-50(64)55-45(48(62)51-26-16-8-6-4-2)33-59-32-44(56-57-59)36-22-24-37(25-23-36)49(63)58-30-40(46(60)53-42-28-38(42)34-18-12-10-13-19-34)41(31-58)47(61)54-43-29-39(43)35-20-14-11-15-21-35/h10-15,18-25,32,38-43,45H,3-9,16-17,26-31,33H2,1-2H3,(H,51,62)(H,53,60)(H,54,61)(H2,52,55,64)/t38-,39-,40-,41-,42+,43+,45+/m1/s1. The molecular formula is C50H65N9O5. The van der Waals surface area contributed by atoms with E-state index in [1.54, 1.807) is 35.4 Å². The molecule has 6 amide bonds. The molecule has 7 atom stereocenters. The number of nitrogens with one attached hydrogen (secondary N) is 5. The molecule has 0 unspecified atom stereocenters. The first-order valence-electron chi connectivity index (χ1n) is 23.5. The number of unbranched alkanes of at least 4 members (excludes halogenated alkanes) is 7. The van der Waals surface area contributed by atoms with Gasteiger partial charge in [0.05, 0.1) is 24.6 Å². The summed E-state index contributed by atoms with van der Waals surface area (Å²) in [4.78, 5) is 69.7. The highest BCUT2D eigenvalue weighted by Gasteiger charge is 2.49. The summed E-state index contributed by atoms with van der Waals surface area (Å²) in [5.41, 5.74) is 4.02. The van der Waals surface area contributed by atoms with E-state index in [9.17, 15) is 24.0 Å². The summed E-state index contributed by atoms with van der Waals surface area (Å²) in [6.07, 6.45) is 12.8. The minimum Gasteiger partial charge on any atom is -0.354 e. The lowest BCUT2D eigenvalue weighted by Crippen LogP contribution is -2.52. The number of amides is 6. The number of nitrogens with zero attached hydrogens (tertiary/aromatic N) is 4. The molecule has 0 radical (unpaired) electrons. The smallest absolute Gasteiger partial charge is 0.315 e. The van der Waals surface area contributed by atoms with E-state index in [1.165, 1.54) is 22.2 Å². The number of urea groups is 1. The highest BCUT2D eigenvalue weighted by molar-refractivity contribution is 5.97. The summed E-state index contributed by atoms with van der Waals surface area (Å²) < 4.78 is 1.54. The molecule has 2 heterocycles. The van der Waals surface area contributed by atoms with Gasteiger partial charge >= 0.3 is 6.03 Å². The van der Waals surface area contributed by atoms with Crippen molar-refractivity contribution < 1.29 is 24.0 Å². The molecule has 340 valence electrons. The monoisotopic (exact) mass is 872 g/mol. The third kappa shape index (κ3) is 12.6. The molecule has 0 spiro atoms. The molecule has 64 heavy (non-hydrogen) atoms. The number of carbonyl (C=O) groups is 5. The van der Waals surface area contributed by atoms with Crippen LogP contribution in [0.5, 0.6) is 0 Å². The fourth-order valence-corrected chi connectivity index (χ4v) is 8.82. The van der Waals surface area contributed by atoms with Crippen molar-refractivity contribution in [3.63, 3.8) is 0 Å². The van der Waals surface area contributed by atoms with Crippen molar-refractivity contribution in [2.45, 2.75) is 121 Å². The minimum absolute atomic E-state index is 0.00575. The van der Waals surface area contributed by atoms with Gasteiger partial charge in [0, 0.05) is 61.2 Å². The second kappa shape index (κ2) is 22.5. The highest BCUT2D eigenvalue weighted by Crippen LogP contribution is 2.42. The Morgan fingerprint density at radius 1 is 0.656 bits per heavy atom. The zero-order valence-electron chi connectivity index (χ0n) is 37.3. The average molecular weight is 872 g/mol. The van der Waals surface area contributed by atoms with Crippen molar-refractivity contribution in [3.8, 4) is 11.3 Å². The predicted octanol–water partition coefficient (Wildman–Crippen LogP) is 6.31. The van der Waals surface area contributed by atoms with E-state index in [1.807, 2.05) is 36.4 Å². The molecule has 14 heteroatoms. The Morgan fingerprint density at radius 3 is 1.75 bits per heavy atom. The summed E-state index contributed by atoms with van der Waals surface area (Å²) in [5.74, 6) is -1.86. The maximum atomic E-state index is 14.1. The summed E-state index contributed by atoms with van der Waals surface area (Å²) in [6.45, 7) is 5.69. The van der Waals surface area contributed by atoms with Crippen LogP contribution in [-0.4, -0.2) is 93.9 Å². The molecule has 7 rings (SSSR count). The van der Waals surface area contributed by atoms with Crippen LogP contribution < -0.4 is 26.6 Å². The first-order valence-corrected chi connectivity index (χ1v) is 23.5. The summed E-state index contributed by atoms with van der Waals surface area (Å²) in [6, 6.07) is 25.9. The van der Waals surface area contributed by atoms with Gasteiger partial charge in [-0.1, -0.05) is 137 Å². The van der Waals surface area contributed by atoms with Crippen LogP contribution in [0.1, 0.15) is 118 Å². The topological polar surface area (TPSA) is 179 Å². The fourth-order valence-electron chi connectivity index (χ4n) is 8.82. The first kappa shape index (κ1) is 46.0. The number of hydrogen-bond donors (Lipinski definition) is 5. The Bertz CT molecular complexity index is 2090. The SMILES string of the molecule is CCCCCCCNC(=O)N[C@@H](Cn1cc(-c2ccc(C(=O)N3C[C@@H](C(=O)N[C@H]4C[C@@H]4c4ccccc4)[C@H](C(=O)N[C@H]4C[C@@H]4c4ccccc4)C3)cc2)nn1)C(=O)NCCCCCC. The van der Waals surface area contributed by atoms with Crippen molar-refractivity contribution in [3.05, 3.63) is 108 Å². The van der Waals surface area contributed by atoms with Gasteiger partial charge in [-0.3, -0.25) is 19.2 Å². The molecular weight excluding hydrogens is 807 g/mol. The van der Waals surface area contributed by atoms with Crippen LogP contribution >= 0.6 is 0 Å². The van der Waals surface area contributed by atoms with Crippen molar-refractivity contribution in [1.82, 2.24) is 46.5 Å². The van der Waals surface area contributed by atoms with E-state index in [0.717, 1.165) is 64.2 Å². The van der Waals surface area contributed by atoms with Crippen LogP contribution in [0.2, 0.25) is 0 Å². The molecule has 3 aliphatic rings. The average Bonchev–Trinajstić information content (AvgIpc) is 4.15. The number of aromatic nitrogens is 3. The van der Waals surface area contributed by atoms with E-state index in [0.29, 0.717) is 29.9 Å².